The minimum absolute atomic E-state index is 0.0927. The third-order valence-corrected chi connectivity index (χ3v) is 25.3. The van der Waals surface area contributed by atoms with Crippen molar-refractivity contribution >= 4 is 107 Å². The van der Waals surface area contributed by atoms with Crippen molar-refractivity contribution in [3.63, 3.8) is 0 Å². The topological polar surface area (TPSA) is 9.72 Å². The number of nitrogens with zero attached hydrogens (tertiary/aromatic N) is 3. The zero-order valence-electron chi connectivity index (χ0n) is 70.7. The van der Waals surface area contributed by atoms with Gasteiger partial charge in [0.1, 0.15) is 0 Å². The molecule has 4 heteroatoms. The van der Waals surface area contributed by atoms with Crippen molar-refractivity contribution in [2.24, 2.45) is 0 Å². The molecular weight excluding hydrogens is 1450 g/mol. The first-order chi connectivity index (χ1) is 58.0. The molecule has 2 aliphatic rings. The van der Waals surface area contributed by atoms with Crippen molar-refractivity contribution in [1.29, 1.82) is 0 Å². The first-order valence-corrected chi connectivity index (χ1v) is 42.6. The lowest BCUT2D eigenvalue weighted by molar-refractivity contribution is 0.590. The van der Waals surface area contributed by atoms with E-state index in [1.807, 2.05) is 0 Å². The van der Waals surface area contributed by atoms with Crippen LogP contribution in [0.25, 0.3) is 121 Å². The molecule has 0 saturated heterocycles. The smallest absolute Gasteiger partial charge is 0.252 e. The fraction of sp³-hybridized carbons (Fsp3) is 0.138. The van der Waals surface area contributed by atoms with E-state index in [1.54, 1.807) is 0 Å². The Labute approximate surface area is 708 Å². The molecule has 0 aliphatic carbocycles. The molecule has 0 bridgehead atoms. The van der Waals surface area contributed by atoms with Gasteiger partial charge in [-0.05, 0) is 244 Å². The summed E-state index contributed by atoms with van der Waals surface area (Å²) in [6.07, 6.45) is 0. The van der Waals surface area contributed by atoms with Crippen LogP contribution in [-0.4, -0.2) is 6.71 Å². The van der Waals surface area contributed by atoms with Gasteiger partial charge in [0, 0.05) is 56.4 Å². The Kier molecular flexibility index (Phi) is 18.3. The molecule has 0 atom stereocenters. The average Bonchev–Trinajstić information content (AvgIpc) is 0.683. The molecule has 2 heterocycles. The lowest BCUT2D eigenvalue weighted by Gasteiger charge is -2.46. The highest BCUT2D eigenvalue weighted by molar-refractivity contribution is 7.00. The summed E-state index contributed by atoms with van der Waals surface area (Å²) >= 11 is 0. The van der Waals surface area contributed by atoms with Crippen LogP contribution in [0.4, 0.5) is 51.2 Å². The van der Waals surface area contributed by atoms with Crippen molar-refractivity contribution in [3.8, 4) is 89.0 Å². The number of hydrogen-bond donors (Lipinski definition) is 0. The van der Waals surface area contributed by atoms with E-state index in [0.29, 0.717) is 0 Å². The van der Waals surface area contributed by atoms with Crippen LogP contribution in [0.3, 0.4) is 0 Å². The van der Waals surface area contributed by atoms with E-state index in [0.717, 1.165) is 118 Å². The molecule has 0 radical (unpaired) electrons. The van der Waals surface area contributed by atoms with Crippen LogP contribution < -0.4 is 31.1 Å². The predicted octanol–water partition coefficient (Wildman–Crippen LogP) is 30.7. The van der Waals surface area contributed by atoms with Gasteiger partial charge in [-0.2, -0.15) is 0 Å². The maximum absolute atomic E-state index is 2.74. The number of fused-ring (bicyclic) bond motifs is 4. The maximum Gasteiger partial charge on any atom is 0.252 e. The maximum atomic E-state index is 2.74. The van der Waals surface area contributed by atoms with Gasteiger partial charge in [-0.1, -0.05) is 374 Å². The average molecular weight is 1540 g/mol. The minimum Gasteiger partial charge on any atom is -0.310 e. The van der Waals surface area contributed by atoms with Crippen LogP contribution in [0.2, 0.25) is 0 Å². The summed E-state index contributed by atoms with van der Waals surface area (Å²) in [5.41, 5.74) is 36.1. The zero-order chi connectivity index (χ0) is 82.1. The Bertz CT molecular complexity index is 6730. The summed E-state index contributed by atoms with van der Waals surface area (Å²) in [6, 6.07) is 144. The van der Waals surface area contributed by atoms with Gasteiger partial charge in [0.25, 0.3) is 6.71 Å². The van der Waals surface area contributed by atoms with Crippen LogP contribution in [0.1, 0.15) is 105 Å². The predicted molar refractivity (Wildman–Crippen MR) is 517 cm³/mol. The van der Waals surface area contributed by atoms with Gasteiger partial charge in [0.2, 0.25) is 0 Å². The van der Waals surface area contributed by atoms with Crippen molar-refractivity contribution in [2.45, 2.75) is 105 Å². The number of hydrogen-bond acceptors (Lipinski definition) is 3. The Morgan fingerprint density at radius 1 is 0.217 bits per heavy atom. The molecular formula is C116H98BN3. The van der Waals surface area contributed by atoms with Gasteiger partial charge < -0.3 is 14.7 Å². The Hall–Kier alpha value is -13.5. The molecule has 0 amide bonds. The van der Waals surface area contributed by atoms with Crippen molar-refractivity contribution in [2.75, 3.05) is 14.7 Å². The molecule has 0 unspecified atom stereocenters. The lowest BCUT2D eigenvalue weighted by atomic mass is 9.33. The van der Waals surface area contributed by atoms with Crippen LogP contribution in [0.5, 0.6) is 0 Å². The fourth-order valence-corrected chi connectivity index (χ4v) is 18.9. The molecule has 20 rings (SSSR count). The van der Waals surface area contributed by atoms with E-state index in [2.05, 4.69) is 474 Å². The first-order valence-electron chi connectivity index (χ1n) is 42.6. The lowest BCUT2D eigenvalue weighted by Crippen LogP contribution is -2.61. The molecule has 0 saturated carbocycles. The SMILES string of the molecule is CC(C)(C)c1cc(-c2ccccc2)c(N2c3ccc(-c4cc5cc(C(C)(C)C)cc6ccc7cc(C(C)(C)C)cc4c7c65)cc3B3c4ccc(-c5ccccc5)cc4N(c4c(-c5ccccc5)cc(C(C)(C)C)cc4-c4ccccc4)c4cc(N(c5ccc(-c6ccccc6)cc5)c5ccc(-c6ccccc6)cc5)cc2c43)c(-c2ccccc2)c1. The third-order valence-electron chi connectivity index (χ3n) is 25.3. The molecule has 2 aliphatic heterocycles. The van der Waals surface area contributed by atoms with E-state index in [-0.39, 0.29) is 28.4 Å². The van der Waals surface area contributed by atoms with Gasteiger partial charge in [-0.25, -0.2) is 0 Å². The summed E-state index contributed by atoms with van der Waals surface area (Å²) in [4.78, 5) is 8.01. The van der Waals surface area contributed by atoms with E-state index in [9.17, 15) is 0 Å². The fourth-order valence-electron chi connectivity index (χ4n) is 18.9. The molecule has 580 valence electrons. The molecule has 0 fully saturated rings. The zero-order valence-corrected chi connectivity index (χ0v) is 70.7. The summed E-state index contributed by atoms with van der Waals surface area (Å²) in [5, 5.41) is 7.71. The summed E-state index contributed by atoms with van der Waals surface area (Å²) in [5.74, 6) is 0. The third kappa shape index (κ3) is 13.3. The van der Waals surface area contributed by atoms with Crippen molar-refractivity contribution in [1.82, 2.24) is 0 Å². The minimum atomic E-state index is -0.341. The molecule has 0 N–H and O–H groups in total. The van der Waals surface area contributed by atoms with Gasteiger partial charge >= 0.3 is 0 Å². The highest BCUT2D eigenvalue weighted by atomic mass is 15.2. The molecule has 120 heavy (non-hydrogen) atoms. The van der Waals surface area contributed by atoms with Gasteiger partial charge in [0.05, 0.1) is 17.1 Å². The summed E-state index contributed by atoms with van der Waals surface area (Å²) in [6.45, 7) is 28.0. The Morgan fingerprint density at radius 3 is 0.958 bits per heavy atom. The van der Waals surface area contributed by atoms with Crippen molar-refractivity contribution in [3.05, 3.63) is 398 Å². The van der Waals surface area contributed by atoms with E-state index in [4.69, 9.17) is 0 Å². The standard InChI is InChI=1S/C116H98BN3/c1-113(2,3)89-62-86-48-49-87-63-90(114(4,5)6)72-101-96(65-88(64-89)108(86)109(87)101)85-55-61-104-103(66-85)117-102-60-54-84(77-38-24-15-25-39-77)67-105(102)120(112-99(82-44-30-18-31-45-82)70-92(116(10,11)12)71-100(112)83-46-32-19-33-47-83)107-74-95(118(93-56-50-78(51-57-93)75-34-20-13-21-35-75)94-58-52-79(53-59-94)76-36-22-14-23-37-76)73-106(110(107)117)119(104)111-97(80-40-26-16-27-41-80)68-91(115(7,8)9)69-98(111)81-42-28-17-29-43-81/h13-74H,1-12H3. The second-order valence-electron chi connectivity index (χ2n) is 37.3. The second-order valence-corrected chi connectivity index (χ2v) is 37.3. The molecule has 0 spiro atoms. The molecule has 18 aromatic rings. The van der Waals surface area contributed by atoms with Crippen LogP contribution in [0.15, 0.2) is 376 Å². The van der Waals surface area contributed by atoms with Gasteiger partial charge in [-0.15, -0.1) is 0 Å². The van der Waals surface area contributed by atoms with Gasteiger partial charge in [0.15, 0.2) is 0 Å². The largest absolute Gasteiger partial charge is 0.310 e. The molecule has 3 nitrogen and oxygen atoms in total. The summed E-state index contributed by atoms with van der Waals surface area (Å²) < 4.78 is 0. The summed E-state index contributed by atoms with van der Waals surface area (Å²) in [7, 11) is 0. The highest BCUT2D eigenvalue weighted by Crippen LogP contribution is 2.57. The normalized spacial score (nSPS) is 12.8. The molecule has 0 aromatic heterocycles. The van der Waals surface area contributed by atoms with Crippen LogP contribution >= 0.6 is 0 Å². The van der Waals surface area contributed by atoms with E-state index in [1.165, 1.54) is 93.2 Å². The highest BCUT2D eigenvalue weighted by Gasteiger charge is 2.47. The van der Waals surface area contributed by atoms with E-state index < -0.39 is 0 Å². The monoisotopic (exact) mass is 1540 g/mol. The Balaban J connectivity index is 0.989. The van der Waals surface area contributed by atoms with E-state index >= 15 is 0 Å². The van der Waals surface area contributed by atoms with Crippen LogP contribution in [0, 0.1) is 0 Å². The number of rotatable bonds is 13. The van der Waals surface area contributed by atoms with Gasteiger partial charge in [-0.3, -0.25) is 0 Å². The van der Waals surface area contributed by atoms with Crippen LogP contribution in [-0.2, 0) is 21.7 Å². The number of benzene rings is 18. The van der Waals surface area contributed by atoms with Crippen molar-refractivity contribution < 1.29 is 0 Å². The quantitative estimate of drug-likeness (QED) is 0.0841. The Morgan fingerprint density at radius 2 is 0.550 bits per heavy atom. The second kappa shape index (κ2) is 29.2. The first kappa shape index (κ1) is 75.2. The number of anilines is 9. The molecule has 18 aromatic carbocycles.